The Labute approximate surface area is 189 Å². The fourth-order valence-corrected chi connectivity index (χ4v) is 5.00. The first-order valence-electron chi connectivity index (χ1n) is 11.2. The Bertz CT molecular complexity index is 1210. The number of aryl methyl sites for hydroxylation is 1. The zero-order chi connectivity index (χ0) is 22.7. The predicted molar refractivity (Wildman–Crippen MR) is 115 cm³/mol. The van der Waals surface area contributed by atoms with Gasteiger partial charge in [0.05, 0.1) is 18.1 Å². The molecule has 6 rings (SSSR count). The number of hydrogen-bond acceptors (Lipinski definition) is 6. The molecule has 2 aromatic heterocycles. The van der Waals surface area contributed by atoms with Crippen molar-refractivity contribution in [3.8, 4) is 5.69 Å². The Hall–Kier alpha value is -3.43. The SMILES string of the molecule is Cc1cc(C2(F)CC2)nc(N2C[C@H]3CN(C(=O)c4c(F)cccc4-n4nccn4)C[C@H]3C2)n1. The predicted octanol–water partition coefficient (Wildman–Crippen LogP) is 2.67. The summed E-state index contributed by atoms with van der Waals surface area (Å²) in [6, 6.07) is 6.19. The number of rotatable bonds is 4. The summed E-state index contributed by atoms with van der Waals surface area (Å²) in [5.41, 5.74) is 0.229. The Morgan fingerprint density at radius 2 is 1.76 bits per heavy atom. The number of hydrogen-bond donors (Lipinski definition) is 0. The molecule has 3 aliphatic rings. The van der Waals surface area contributed by atoms with E-state index in [1.165, 1.54) is 23.3 Å². The topological polar surface area (TPSA) is 80.0 Å². The molecule has 2 atom stereocenters. The first-order valence-corrected chi connectivity index (χ1v) is 11.2. The number of fused-ring (bicyclic) bond motifs is 1. The van der Waals surface area contributed by atoms with Crippen LogP contribution in [-0.4, -0.2) is 61.9 Å². The fourth-order valence-electron chi connectivity index (χ4n) is 5.00. The van der Waals surface area contributed by atoms with Crippen molar-refractivity contribution in [1.82, 2.24) is 29.9 Å². The Kier molecular flexibility index (Phi) is 4.46. The molecule has 2 saturated heterocycles. The van der Waals surface area contributed by atoms with E-state index in [4.69, 9.17) is 0 Å². The number of likely N-dealkylation sites (tertiary alicyclic amines) is 1. The van der Waals surface area contributed by atoms with E-state index >= 15 is 0 Å². The summed E-state index contributed by atoms with van der Waals surface area (Å²) in [6.07, 6.45) is 4.00. The van der Waals surface area contributed by atoms with Crippen LogP contribution >= 0.6 is 0 Å². The van der Waals surface area contributed by atoms with Gasteiger partial charge in [0.1, 0.15) is 17.1 Å². The van der Waals surface area contributed by atoms with E-state index in [1.54, 1.807) is 23.1 Å². The van der Waals surface area contributed by atoms with Gasteiger partial charge in [-0.25, -0.2) is 18.7 Å². The van der Waals surface area contributed by atoms with Crippen LogP contribution in [0.25, 0.3) is 5.69 Å². The Morgan fingerprint density at radius 1 is 1.06 bits per heavy atom. The van der Waals surface area contributed by atoms with Gasteiger partial charge in [0.2, 0.25) is 5.95 Å². The normalized spacial score (nSPS) is 23.1. The van der Waals surface area contributed by atoms with Crippen LogP contribution in [0.3, 0.4) is 0 Å². The van der Waals surface area contributed by atoms with Gasteiger partial charge >= 0.3 is 0 Å². The highest BCUT2D eigenvalue weighted by Gasteiger charge is 2.48. The molecule has 33 heavy (non-hydrogen) atoms. The average molecular weight is 451 g/mol. The van der Waals surface area contributed by atoms with Gasteiger partial charge in [-0.1, -0.05) is 6.07 Å². The number of halogens is 2. The summed E-state index contributed by atoms with van der Waals surface area (Å²) in [7, 11) is 0. The largest absolute Gasteiger partial charge is 0.340 e. The maximum Gasteiger partial charge on any atom is 0.259 e. The first-order chi connectivity index (χ1) is 15.9. The van der Waals surface area contributed by atoms with Crippen LogP contribution < -0.4 is 4.90 Å². The van der Waals surface area contributed by atoms with E-state index in [0.29, 0.717) is 56.4 Å². The second-order valence-corrected chi connectivity index (χ2v) is 9.25. The van der Waals surface area contributed by atoms with Crippen molar-refractivity contribution in [2.24, 2.45) is 11.8 Å². The number of amides is 1. The molecule has 2 aliphatic heterocycles. The summed E-state index contributed by atoms with van der Waals surface area (Å²) in [5, 5.41) is 8.11. The van der Waals surface area contributed by atoms with Gasteiger partial charge < -0.3 is 9.80 Å². The van der Waals surface area contributed by atoms with E-state index in [-0.39, 0.29) is 23.3 Å². The molecule has 0 radical (unpaired) electrons. The molecule has 1 aliphatic carbocycles. The number of alkyl halides is 1. The molecule has 4 heterocycles. The van der Waals surface area contributed by atoms with Gasteiger partial charge in [-0.15, -0.1) is 0 Å². The number of benzene rings is 1. The minimum Gasteiger partial charge on any atom is -0.340 e. The van der Waals surface area contributed by atoms with E-state index in [2.05, 4.69) is 25.1 Å². The van der Waals surface area contributed by atoms with Crippen molar-refractivity contribution in [1.29, 1.82) is 0 Å². The first kappa shape index (κ1) is 20.2. The monoisotopic (exact) mass is 451 g/mol. The maximum absolute atomic E-state index is 14.7. The number of anilines is 1. The van der Waals surface area contributed by atoms with Crippen molar-refractivity contribution >= 4 is 11.9 Å². The van der Waals surface area contributed by atoms with Gasteiger partial charge in [0.25, 0.3) is 5.91 Å². The van der Waals surface area contributed by atoms with Crippen LogP contribution in [0.1, 0.15) is 34.6 Å². The lowest BCUT2D eigenvalue weighted by atomic mass is 10.0. The highest BCUT2D eigenvalue weighted by atomic mass is 19.1. The van der Waals surface area contributed by atoms with E-state index in [9.17, 15) is 13.6 Å². The molecule has 0 unspecified atom stereocenters. The third kappa shape index (κ3) is 3.44. The highest BCUT2D eigenvalue weighted by molar-refractivity contribution is 5.98. The number of aromatic nitrogens is 5. The molecule has 0 N–H and O–H groups in total. The second-order valence-electron chi connectivity index (χ2n) is 9.25. The van der Waals surface area contributed by atoms with Crippen molar-refractivity contribution in [2.75, 3.05) is 31.1 Å². The minimum atomic E-state index is -1.30. The van der Waals surface area contributed by atoms with Crippen molar-refractivity contribution < 1.29 is 13.6 Å². The summed E-state index contributed by atoms with van der Waals surface area (Å²) in [5.74, 6) is 0.0555. The van der Waals surface area contributed by atoms with Crippen LogP contribution in [0.15, 0.2) is 36.7 Å². The lowest BCUT2D eigenvalue weighted by Gasteiger charge is -2.23. The van der Waals surface area contributed by atoms with E-state index in [0.717, 1.165) is 5.69 Å². The molecule has 0 spiro atoms. The van der Waals surface area contributed by atoms with Crippen molar-refractivity contribution in [3.05, 3.63) is 59.4 Å². The lowest BCUT2D eigenvalue weighted by Crippen LogP contribution is -2.35. The summed E-state index contributed by atoms with van der Waals surface area (Å²) in [6.45, 7) is 4.26. The van der Waals surface area contributed by atoms with Gasteiger partial charge in [-0.2, -0.15) is 15.0 Å². The molecular weight excluding hydrogens is 428 g/mol. The fraction of sp³-hybridized carbons (Fsp3) is 0.435. The number of carbonyl (C=O) groups is 1. The lowest BCUT2D eigenvalue weighted by molar-refractivity contribution is 0.0777. The molecule has 1 saturated carbocycles. The smallest absolute Gasteiger partial charge is 0.259 e. The molecule has 3 fully saturated rings. The van der Waals surface area contributed by atoms with Gasteiger partial charge in [0.15, 0.2) is 5.67 Å². The Balaban J connectivity index is 1.20. The number of carbonyl (C=O) groups excluding carboxylic acids is 1. The van der Waals surface area contributed by atoms with E-state index < -0.39 is 11.5 Å². The molecule has 170 valence electrons. The van der Waals surface area contributed by atoms with Crippen molar-refractivity contribution in [3.63, 3.8) is 0 Å². The van der Waals surface area contributed by atoms with Crippen LogP contribution in [0.2, 0.25) is 0 Å². The van der Waals surface area contributed by atoms with Crippen molar-refractivity contribution in [2.45, 2.75) is 25.4 Å². The second kappa shape index (κ2) is 7.29. The van der Waals surface area contributed by atoms with Crippen LogP contribution in [0.5, 0.6) is 0 Å². The van der Waals surface area contributed by atoms with Gasteiger partial charge in [-0.3, -0.25) is 4.79 Å². The zero-order valence-electron chi connectivity index (χ0n) is 18.2. The third-order valence-corrected chi connectivity index (χ3v) is 6.89. The highest BCUT2D eigenvalue weighted by Crippen LogP contribution is 2.49. The molecule has 1 aromatic carbocycles. The molecule has 0 bridgehead atoms. The van der Waals surface area contributed by atoms with Gasteiger partial charge in [0, 0.05) is 43.7 Å². The zero-order valence-corrected chi connectivity index (χ0v) is 18.2. The maximum atomic E-state index is 14.7. The standard InChI is InChI=1S/C23H23F2N7O/c1-14-9-19(23(25)5-6-23)29-22(28-14)31-12-15-10-30(11-16(15)13-31)21(33)20-17(24)3-2-4-18(20)32-26-7-8-27-32/h2-4,7-9,15-16H,5-6,10-13H2,1H3/t15-,16+. The summed E-state index contributed by atoms with van der Waals surface area (Å²) >= 11 is 0. The quantitative estimate of drug-likeness (QED) is 0.607. The summed E-state index contributed by atoms with van der Waals surface area (Å²) in [4.78, 5) is 27.4. The van der Waals surface area contributed by atoms with Crippen LogP contribution in [0.4, 0.5) is 14.7 Å². The van der Waals surface area contributed by atoms with Gasteiger partial charge in [-0.05, 0) is 38.0 Å². The Morgan fingerprint density at radius 3 is 2.42 bits per heavy atom. The molecule has 8 nitrogen and oxygen atoms in total. The molecule has 10 heteroatoms. The number of nitrogens with zero attached hydrogens (tertiary/aromatic N) is 7. The van der Waals surface area contributed by atoms with Crippen LogP contribution in [0, 0.1) is 24.6 Å². The van der Waals surface area contributed by atoms with Crippen LogP contribution in [-0.2, 0) is 5.67 Å². The third-order valence-electron chi connectivity index (χ3n) is 6.89. The van der Waals surface area contributed by atoms with E-state index in [1.807, 2.05) is 6.92 Å². The minimum absolute atomic E-state index is 0.0186. The molecular formula is C23H23F2N7O. The molecule has 3 aromatic rings. The average Bonchev–Trinajstić information content (AvgIpc) is 3.19. The molecule has 1 amide bonds. The summed E-state index contributed by atoms with van der Waals surface area (Å²) < 4.78 is 29.3.